The van der Waals surface area contributed by atoms with E-state index in [1.807, 2.05) is 6.07 Å². The van der Waals surface area contributed by atoms with Gasteiger partial charge in [-0.15, -0.1) is 24.0 Å². The number of hydrogen-bond acceptors (Lipinski definition) is 2. The molecule has 0 radical (unpaired) electrons. The van der Waals surface area contributed by atoms with Crippen molar-refractivity contribution in [2.75, 3.05) is 5.32 Å². The monoisotopic (exact) mass is 425 g/mol. The smallest absolute Gasteiger partial charge is 0.370 e. The van der Waals surface area contributed by atoms with Crippen LogP contribution in [0.1, 0.15) is 11.3 Å². The molecule has 0 saturated heterocycles. The Morgan fingerprint density at radius 2 is 1.95 bits per heavy atom. The van der Waals surface area contributed by atoms with E-state index in [-0.39, 0.29) is 42.0 Å². The van der Waals surface area contributed by atoms with Crippen molar-refractivity contribution in [3.05, 3.63) is 47.8 Å². The van der Waals surface area contributed by atoms with Crippen LogP contribution in [-0.4, -0.2) is 15.7 Å². The Hall–Kier alpha value is -1.78. The van der Waals surface area contributed by atoms with Gasteiger partial charge in [-0.05, 0) is 12.1 Å². The number of halogens is 4. The topological polar surface area (TPSA) is 68.2 Å². The summed E-state index contributed by atoms with van der Waals surface area (Å²) in [5.41, 5.74) is 5.39. The predicted molar refractivity (Wildman–Crippen MR) is 89.0 cm³/mol. The average Bonchev–Trinajstić information content (AvgIpc) is 2.79. The highest BCUT2D eigenvalue weighted by atomic mass is 127. The lowest BCUT2D eigenvalue weighted by Gasteiger charge is -2.06. The van der Waals surface area contributed by atoms with Gasteiger partial charge in [-0.25, -0.2) is 4.99 Å². The highest BCUT2D eigenvalue weighted by Crippen LogP contribution is 2.30. The number of anilines is 1. The molecule has 3 N–H and O–H groups in total. The summed E-state index contributed by atoms with van der Waals surface area (Å²) in [5, 5.41) is 6.20. The SMILES string of the molecule is Cn1cc(CN=C(N)Nc2ccccc2)c(C(F)(F)F)n1.I. The van der Waals surface area contributed by atoms with Gasteiger partial charge >= 0.3 is 6.18 Å². The first kappa shape index (κ1) is 18.3. The van der Waals surface area contributed by atoms with Crippen LogP contribution >= 0.6 is 24.0 Å². The fourth-order valence-electron chi connectivity index (χ4n) is 1.77. The minimum absolute atomic E-state index is 0. The summed E-state index contributed by atoms with van der Waals surface area (Å²) >= 11 is 0. The van der Waals surface area contributed by atoms with Gasteiger partial charge in [0.05, 0.1) is 6.54 Å². The molecular weight excluding hydrogens is 410 g/mol. The number of nitrogens with two attached hydrogens (primary N) is 1. The highest BCUT2D eigenvalue weighted by molar-refractivity contribution is 14.0. The number of aromatic nitrogens is 2. The molecule has 0 aliphatic rings. The zero-order chi connectivity index (χ0) is 15.5. The Balaban J connectivity index is 0.00000242. The number of aryl methyl sites for hydroxylation is 1. The Bertz CT molecular complexity index is 637. The van der Waals surface area contributed by atoms with Crippen LogP contribution in [0.25, 0.3) is 0 Å². The molecule has 0 unspecified atom stereocenters. The molecule has 0 atom stereocenters. The van der Waals surface area contributed by atoms with Crippen LogP contribution in [0.3, 0.4) is 0 Å². The first-order valence-corrected chi connectivity index (χ1v) is 6.08. The van der Waals surface area contributed by atoms with E-state index in [0.29, 0.717) is 5.69 Å². The van der Waals surface area contributed by atoms with Gasteiger partial charge in [0.25, 0.3) is 0 Å². The van der Waals surface area contributed by atoms with Crippen molar-refractivity contribution in [3.8, 4) is 0 Å². The lowest BCUT2D eigenvalue weighted by Crippen LogP contribution is -2.22. The Labute approximate surface area is 142 Å². The van der Waals surface area contributed by atoms with Crippen LogP contribution in [0.4, 0.5) is 18.9 Å². The molecule has 2 aromatic rings. The molecule has 0 fully saturated rings. The minimum Gasteiger partial charge on any atom is -0.370 e. The third-order valence-electron chi connectivity index (χ3n) is 2.64. The average molecular weight is 425 g/mol. The second kappa shape index (κ2) is 7.47. The summed E-state index contributed by atoms with van der Waals surface area (Å²) in [6, 6.07) is 8.99. The number of nitrogens with one attached hydrogen (secondary N) is 1. The largest absolute Gasteiger partial charge is 0.435 e. The van der Waals surface area contributed by atoms with Crippen LogP contribution in [0.2, 0.25) is 0 Å². The molecule has 0 amide bonds. The van der Waals surface area contributed by atoms with E-state index < -0.39 is 11.9 Å². The van der Waals surface area contributed by atoms with Gasteiger partial charge in [0.15, 0.2) is 11.7 Å². The second-order valence-corrected chi connectivity index (χ2v) is 4.37. The summed E-state index contributed by atoms with van der Waals surface area (Å²) in [6.45, 7) is -0.200. The van der Waals surface area contributed by atoms with Crippen molar-refractivity contribution >= 4 is 35.6 Å². The molecule has 2 rings (SSSR count). The minimum atomic E-state index is -4.51. The van der Waals surface area contributed by atoms with Crippen molar-refractivity contribution in [2.24, 2.45) is 17.8 Å². The Morgan fingerprint density at radius 3 is 2.55 bits per heavy atom. The summed E-state index contributed by atoms with van der Waals surface area (Å²) < 4.78 is 39.4. The van der Waals surface area contributed by atoms with Gasteiger partial charge in [-0.2, -0.15) is 18.3 Å². The number of alkyl halides is 3. The Morgan fingerprint density at radius 1 is 1.32 bits per heavy atom. The third-order valence-corrected chi connectivity index (χ3v) is 2.64. The normalized spacial score (nSPS) is 11.9. The van der Waals surface area contributed by atoms with Gasteiger partial charge in [-0.3, -0.25) is 4.68 Å². The van der Waals surface area contributed by atoms with Crippen LogP contribution in [0, 0.1) is 0 Å². The van der Waals surface area contributed by atoms with Gasteiger partial charge in [0.1, 0.15) is 0 Å². The molecule has 120 valence electrons. The fourth-order valence-corrected chi connectivity index (χ4v) is 1.77. The maximum Gasteiger partial charge on any atom is 0.435 e. The summed E-state index contributed by atoms with van der Waals surface area (Å²) in [7, 11) is 1.42. The lowest BCUT2D eigenvalue weighted by atomic mass is 10.2. The number of aliphatic imine (C=N–C) groups is 1. The van der Waals surface area contributed by atoms with E-state index in [9.17, 15) is 13.2 Å². The van der Waals surface area contributed by atoms with Gasteiger partial charge in [0, 0.05) is 24.5 Å². The van der Waals surface area contributed by atoms with Crippen molar-refractivity contribution < 1.29 is 13.2 Å². The van der Waals surface area contributed by atoms with Gasteiger partial charge in [-0.1, -0.05) is 18.2 Å². The molecule has 9 heteroatoms. The number of para-hydroxylation sites is 1. The molecule has 0 aliphatic carbocycles. The van der Waals surface area contributed by atoms with Gasteiger partial charge < -0.3 is 11.1 Å². The number of nitrogens with zero attached hydrogens (tertiary/aromatic N) is 3. The van der Waals surface area contributed by atoms with E-state index in [1.54, 1.807) is 24.3 Å². The molecule has 0 saturated carbocycles. The van der Waals surface area contributed by atoms with Crippen LogP contribution in [0.15, 0.2) is 41.5 Å². The number of guanidine groups is 1. The first-order chi connectivity index (χ1) is 9.86. The van der Waals surface area contributed by atoms with E-state index >= 15 is 0 Å². The van der Waals surface area contributed by atoms with Crippen molar-refractivity contribution in [2.45, 2.75) is 12.7 Å². The Kier molecular flexibility index (Phi) is 6.21. The van der Waals surface area contributed by atoms with Gasteiger partial charge in [0.2, 0.25) is 0 Å². The van der Waals surface area contributed by atoms with E-state index in [1.165, 1.54) is 13.2 Å². The molecule has 1 heterocycles. The molecular formula is C13H15F3IN5. The van der Waals surface area contributed by atoms with Crippen molar-refractivity contribution in [3.63, 3.8) is 0 Å². The molecule has 0 aliphatic heterocycles. The van der Waals surface area contributed by atoms with E-state index in [4.69, 9.17) is 5.73 Å². The van der Waals surface area contributed by atoms with Crippen LogP contribution in [-0.2, 0) is 19.8 Å². The number of rotatable bonds is 3. The molecule has 1 aromatic heterocycles. The lowest BCUT2D eigenvalue weighted by molar-refractivity contribution is -0.142. The number of hydrogen-bond donors (Lipinski definition) is 2. The fraction of sp³-hybridized carbons (Fsp3) is 0.231. The maximum atomic E-state index is 12.8. The summed E-state index contributed by atoms with van der Waals surface area (Å²) in [5.74, 6) is 0.0400. The molecule has 1 aromatic carbocycles. The van der Waals surface area contributed by atoms with Crippen molar-refractivity contribution in [1.82, 2.24) is 9.78 Å². The van der Waals surface area contributed by atoms with E-state index in [2.05, 4.69) is 15.4 Å². The second-order valence-electron chi connectivity index (χ2n) is 4.37. The zero-order valence-corrected chi connectivity index (χ0v) is 14.0. The summed E-state index contributed by atoms with van der Waals surface area (Å²) in [6.07, 6.45) is -3.23. The zero-order valence-electron chi connectivity index (χ0n) is 11.6. The first-order valence-electron chi connectivity index (χ1n) is 6.08. The van der Waals surface area contributed by atoms with Crippen LogP contribution < -0.4 is 11.1 Å². The maximum absolute atomic E-state index is 12.8. The quantitative estimate of drug-likeness (QED) is 0.452. The number of benzene rings is 1. The molecule has 0 spiro atoms. The summed E-state index contributed by atoms with van der Waals surface area (Å²) in [4.78, 5) is 3.91. The predicted octanol–water partition coefficient (Wildman–Crippen LogP) is 2.98. The molecule has 0 bridgehead atoms. The molecule has 22 heavy (non-hydrogen) atoms. The molecule has 5 nitrogen and oxygen atoms in total. The highest BCUT2D eigenvalue weighted by Gasteiger charge is 2.36. The van der Waals surface area contributed by atoms with E-state index in [0.717, 1.165) is 4.68 Å². The van der Waals surface area contributed by atoms with Crippen molar-refractivity contribution in [1.29, 1.82) is 0 Å². The third kappa shape index (κ3) is 4.90. The van der Waals surface area contributed by atoms with Crippen LogP contribution in [0.5, 0.6) is 0 Å². The standard InChI is InChI=1S/C13H14F3N5.HI/c1-21-8-9(11(20-21)13(14,15)16)7-18-12(17)19-10-5-3-2-4-6-10;/h2-6,8H,7H2,1H3,(H3,17,18,19);1H.